The summed E-state index contributed by atoms with van der Waals surface area (Å²) in [4.78, 5) is 19.8. The molecule has 1 unspecified atom stereocenters. The predicted molar refractivity (Wildman–Crippen MR) is 136 cm³/mol. The molecule has 0 radical (unpaired) electrons. The first kappa shape index (κ1) is 23.0. The molecule has 32 heavy (non-hydrogen) atoms. The molecular weight excluding hydrogens is 462 g/mol. The van der Waals surface area contributed by atoms with Crippen molar-refractivity contribution < 1.29 is 4.79 Å². The molecule has 4 nitrogen and oxygen atoms in total. The number of fused-ring (bicyclic) bond motifs is 1. The van der Waals surface area contributed by atoms with Gasteiger partial charge in [0.2, 0.25) is 5.91 Å². The monoisotopic (exact) mass is 495 g/mol. The van der Waals surface area contributed by atoms with Crippen LogP contribution in [0.1, 0.15) is 76.5 Å². The van der Waals surface area contributed by atoms with Gasteiger partial charge in [0.1, 0.15) is 5.82 Å². The van der Waals surface area contributed by atoms with Crippen molar-refractivity contribution in [2.75, 3.05) is 11.4 Å². The smallest absolute Gasteiger partial charge is 0.227 e. The molecule has 0 spiro atoms. The zero-order valence-electron chi connectivity index (χ0n) is 19.1. The molecule has 2 aromatic carbocycles. The molecule has 1 amide bonds. The number of hydrogen-bond donors (Lipinski definition) is 0. The van der Waals surface area contributed by atoms with E-state index in [0.29, 0.717) is 13.0 Å². The zero-order valence-corrected chi connectivity index (χ0v) is 20.7. The maximum atomic E-state index is 12.9. The largest absolute Gasteiger partial charge is 0.328 e. The van der Waals surface area contributed by atoms with Gasteiger partial charge < -0.3 is 9.47 Å². The molecule has 170 valence electrons. The molecule has 5 heteroatoms. The number of carbonyl (C=O) groups is 1. The summed E-state index contributed by atoms with van der Waals surface area (Å²) in [6.45, 7) is 3.94. The molecule has 1 fully saturated rings. The zero-order chi connectivity index (χ0) is 22.3. The van der Waals surface area contributed by atoms with E-state index in [1.807, 2.05) is 35.2 Å². The molecule has 0 aliphatic carbocycles. The Labute approximate surface area is 200 Å². The van der Waals surface area contributed by atoms with Crippen LogP contribution in [0.3, 0.4) is 0 Å². The molecule has 0 bridgehead atoms. The Morgan fingerprint density at radius 3 is 2.38 bits per heavy atom. The minimum absolute atomic E-state index is 0.132. The summed E-state index contributed by atoms with van der Waals surface area (Å²) in [7, 11) is 0. The van der Waals surface area contributed by atoms with Gasteiger partial charge in [-0.15, -0.1) is 0 Å². The number of aromatic nitrogens is 2. The summed E-state index contributed by atoms with van der Waals surface area (Å²) < 4.78 is 3.41. The summed E-state index contributed by atoms with van der Waals surface area (Å²) in [6, 6.07) is 16.4. The van der Waals surface area contributed by atoms with Crippen LogP contribution in [0.5, 0.6) is 0 Å². The predicted octanol–water partition coefficient (Wildman–Crippen LogP) is 7.46. The normalized spacial score (nSPS) is 16.4. The average molecular weight is 496 g/mol. The number of imidazole rings is 1. The van der Waals surface area contributed by atoms with E-state index in [1.165, 1.54) is 50.5 Å². The molecule has 4 rings (SSSR count). The number of aryl methyl sites for hydroxylation is 1. The Morgan fingerprint density at radius 1 is 0.938 bits per heavy atom. The van der Waals surface area contributed by atoms with Crippen molar-refractivity contribution in [2.24, 2.45) is 0 Å². The summed E-state index contributed by atoms with van der Waals surface area (Å²) >= 11 is 3.48. The van der Waals surface area contributed by atoms with Gasteiger partial charge in [-0.3, -0.25) is 4.79 Å². The Balaban J connectivity index is 1.44. The Bertz CT molecular complexity index is 1030. The van der Waals surface area contributed by atoms with Gasteiger partial charge in [0.15, 0.2) is 0 Å². The van der Waals surface area contributed by atoms with Gasteiger partial charge in [-0.2, -0.15) is 0 Å². The van der Waals surface area contributed by atoms with Gasteiger partial charge in [0.25, 0.3) is 0 Å². The molecule has 1 aliphatic rings. The molecule has 1 aliphatic heterocycles. The van der Waals surface area contributed by atoms with E-state index in [9.17, 15) is 4.79 Å². The second-order valence-electron chi connectivity index (χ2n) is 8.97. The lowest BCUT2D eigenvalue weighted by atomic mass is 10.1. The molecule has 1 saturated heterocycles. The van der Waals surface area contributed by atoms with Crippen molar-refractivity contribution in [3.05, 3.63) is 58.8 Å². The molecule has 1 aromatic heterocycles. The lowest BCUT2D eigenvalue weighted by molar-refractivity contribution is -0.117. The van der Waals surface area contributed by atoms with Gasteiger partial charge in [-0.1, -0.05) is 79.9 Å². The van der Waals surface area contributed by atoms with Crippen molar-refractivity contribution in [1.82, 2.24) is 9.55 Å². The third kappa shape index (κ3) is 5.43. The lowest BCUT2D eigenvalue weighted by Crippen LogP contribution is -2.24. The van der Waals surface area contributed by atoms with Crippen LogP contribution in [0.4, 0.5) is 5.69 Å². The van der Waals surface area contributed by atoms with Gasteiger partial charge in [0.05, 0.1) is 11.0 Å². The minimum Gasteiger partial charge on any atom is -0.328 e. The molecule has 0 N–H and O–H groups in total. The number of amides is 1. The van der Waals surface area contributed by atoms with Crippen molar-refractivity contribution >= 4 is 38.6 Å². The fourth-order valence-electron chi connectivity index (χ4n) is 4.80. The Hall–Kier alpha value is -2.14. The molecule has 2 heterocycles. The number of benzene rings is 2. The lowest BCUT2D eigenvalue weighted by Gasteiger charge is -2.17. The number of unbranched alkanes of at least 4 members (excludes halogenated alkanes) is 7. The number of hydrogen-bond acceptors (Lipinski definition) is 2. The fourth-order valence-corrected chi connectivity index (χ4v) is 5.06. The molecule has 1 atom stereocenters. The third-order valence-electron chi connectivity index (χ3n) is 6.55. The Morgan fingerprint density at radius 2 is 1.62 bits per heavy atom. The van der Waals surface area contributed by atoms with E-state index in [0.717, 1.165) is 34.5 Å². The topological polar surface area (TPSA) is 38.1 Å². The van der Waals surface area contributed by atoms with Crippen molar-refractivity contribution in [2.45, 2.75) is 77.2 Å². The fraction of sp³-hybridized carbons (Fsp3) is 0.481. The summed E-state index contributed by atoms with van der Waals surface area (Å²) in [6.07, 6.45) is 11.0. The minimum atomic E-state index is 0.132. The first-order valence-electron chi connectivity index (χ1n) is 12.2. The van der Waals surface area contributed by atoms with E-state index in [-0.39, 0.29) is 11.8 Å². The molecule has 0 saturated carbocycles. The number of para-hydroxylation sites is 2. The van der Waals surface area contributed by atoms with Crippen molar-refractivity contribution in [3.63, 3.8) is 0 Å². The second kappa shape index (κ2) is 11.1. The number of halogens is 1. The van der Waals surface area contributed by atoms with E-state index < -0.39 is 0 Å². The first-order chi connectivity index (χ1) is 15.7. The maximum absolute atomic E-state index is 12.9. The van der Waals surface area contributed by atoms with Crippen LogP contribution in [0.2, 0.25) is 0 Å². The van der Waals surface area contributed by atoms with E-state index in [4.69, 9.17) is 4.98 Å². The highest BCUT2D eigenvalue weighted by atomic mass is 79.9. The third-order valence-corrected chi connectivity index (χ3v) is 7.08. The van der Waals surface area contributed by atoms with Crippen LogP contribution in [0.25, 0.3) is 11.0 Å². The highest BCUT2D eigenvalue weighted by Gasteiger charge is 2.34. The van der Waals surface area contributed by atoms with Crippen LogP contribution in [0.15, 0.2) is 53.0 Å². The highest BCUT2D eigenvalue weighted by molar-refractivity contribution is 9.10. The van der Waals surface area contributed by atoms with Crippen LogP contribution in [0, 0.1) is 0 Å². The number of nitrogens with zero attached hydrogens (tertiary/aromatic N) is 3. The Kier molecular flexibility index (Phi) is 8.01. The maximum Gasteiger partial charge on any atom is 0.227 e. The number of rotatable bonds is 11. The average Bonchev–Trinajstić information content (AvgIpc) is 3.37. The second-order valence-corrected chi connectivity index (χ2v) is 9.88. The van der Waals surface area contributed by atoms with Crippen molar-refractivity contribution in [1.29, 1.82) is 0 Å². The van der Waals surface area contributed by atoms with Gasteiger partial charge in [-0.25, -0.2) is 4.98 Å². The summed E-state index contributed by atoms with van der Waals surface area (Å²) in [5, 5.41) is 0. The SMILES string of the molecule is CCCCCCCCCCn1c(C2CC(=O)N(c3ccc(Br)cc3)C2)nc2ccccc21. The van der Waals surface area contributed by atoms with Crippen LogP contribution in [-0.4, -0.2) is 22.0 Å². The first-order valence-corrected chi connectivity index (χ1v) is 13.0. The van der Waals surface area contributed by atoms with E-state index in [2.05, 4.69) is 45.6 Å². The summed E-state index contributed by atoms with van der Waals surface area (Å²) in [5.41, 5.74) is 3.20. The van der Waals surface area contributed by atoms with Gasteiger partial charge >= 0.3 is 0 Å². The van der Waals surface area contributed by atoms with Crippen LogP contribution < -0.4 is 4.90 Å². The summed E-state index contributed by atoms with van der Waals surface area (Å²) in [5.74, 6) is 1.39. The quantitative estimate of drug-likeness (QED) is 0.259. The molecule has 3 aromatic rings. The van der Waals surface area contributed by atoms with E-state index in [1.54, 1.807) is 0 Å². The standard InChI is InChI=1S/C27H34BrN3O/c1-2-3-4-5-6-7-8-11-18-30-25-13-10-9-12-24(25)29-27(30)21-19-26(32)31(20-21)23-16-14-22(28)15-17-23/h9-10,12-17,21H,2-8,11,18-20H2,1H3. The van der Waals surface area contributed by atoms with Crippen LogP contribution in [-0.2, 0) is 11.3 Å². The van der Waals surface area contributed by atoms with Crippen LogP contribution >= 0.6 is 15.9 Å². The molecular formula is C27H34BrN3O. The number of carbonyl (C=O) groups excluding carboxylic acids is 1. The van der Waals surface area contributed by atoms with Gasteiger partial charge in [0, 0.05) is 35.6 Å². The van der Waals surface area contributed by atoms with E-state index >= 15 is 0 Å². The highest BCUT2D eigenvalue weighted by Crippen LogP contribution is 2.34. The van der Waals surface area contributed by atoms with Gasteiger partial charge in [-0.05, 0) is 42.8 Å². The number of anilines is 1. The van der Waals surface area contributed by atoms with Crippen molar-refractivity contribution in [3.8, 4) is 0 Å².